The highest BCUT2D eigenvalue weighted by Gasteiger charge is 2.23. The molecule has 2 heterocycles. The van der Waals surface area contributed by atoms with Crippen molar-refractivity contribution < 1.29 is 0 Å². The van der Waals surface area contributed by atoms with Crippen LogP contribution >= 0.6 is 24.0 Å². The second kappa shape index (κ2) is 10.5. The number of nitrogens with one attached hydrogen (secondary N) is 1. The number of hydrogen-bond donors (Lipinski definition) is 2. The zero-order valence-electron chi connectivity index (χ0n) is 16.2. The van der Waals surface area contributed by atoms with Crippen molar-refractivity contribution in [2.24, 2.45) is 10.7 Å². The van der Waals surface area contributed by atoms with Gasteiger partial charge in [0.05, 0.1) is 6.54 Å². The van der Waals surface area contributed by atoms with Gasteiger partial charge in [0.15, 0.2) is 5.96 Å². The summed E-state index contributed by atoms with van der Waals surface area (Å²) in [6, 6.07) is 9.78. The first kappa shape index (κ1) is 21.4. The van der Waals surface area contributed by atoms with E-state index in [1.165, 1.54) is 30.5 Å². The highest BCUT2D eigenvalue weighted by molar-refractivity contribution is 14.0. The van der Waals surface area contributed by atoms with Crippen LogP contribution in [0.25, 0.3) is 0 Å². The molecule has 0 amide bonds. The summed E-state index contributed by atoms with van der Waals surface area (Å²) in [4.78, 5) is 9.62. The minimum atomic E-state index is 0. The number of likely N-dealkylation sites (tertiary alicyclic amines) is 1. The lowest BCUT2D eigenvalue weighted by Gasteiger charge is -2.33. The number of fused-ring (bicyclic) bond motifs is 1. The summed E-state index contributed by atoms with van der Waals surface area (Å²) in [7, 11) is 0. The number of rotatable bonds is 6. The first-order valence-corrected chi connectivity index (χ1v) is 9.76. The Labute approximate surface area is 175 Å². The molecule has 1 aromatic rings. The van der Waals surface area contributed by atoms with E-state index in [0.29, 0.717) is 18.0 Å². The van der Waals surface area contributed by atoms with Gasteiger partial charge in [0.2, 0.25) is 0 Å². The molecule has 5 nitrogen and oxygen atoms in total. The van der Waals surface area contributed by atoms with Gasteiger partial charge in [0.1, 0.15) is 0 Å². The van der Waals surface area contributed by atoms with Crippen LogP contribution in [0, 0.1) is 0 Å². The molecule has 2 aliphatic heterocycles. The Morgan fingerprint density at radius 3 is 2.85 bits per heavy atom. The molecule has 1 aromatic carbocycles. The Morgan fingerprint density at radius 1 is 1.31 bits per heavy atom. The number of aliphatic imine (C=N–C) groups is 1. The molecule has 1 saturated heterocycles. The van der Waals surface area contributed by atoms with Crippen molar-refractivity contribution in [2.45, 2.75) is 51.7 Å². The molecule has 2 aliphatic rings. The fourth-order valence-corrected chi connectivity index (χ4v) is 4.06. The number of halogens is 1. The minimum absolute atomic E-state index is 0. The van der Waals surface area contributed by atoms with E-state index in [9.17, 15) is 0 Å². The van der Waals surface area contributed by atoms with Crippen molar-refractivity contribution in [1.82, 2.24) is 15.1 Å². The molecule has 0 radical (unpaired) electrons. The van der Waals surface area contributed by atoms with Gasteiger partial charge >= 0.3 is 0 Å². The molecule has 1 fully saturated rings. The van der Waals surface area contributed by atoms with Crippen LogP contribution < -0.4 is 11.1 Å². The maximum absolute atomic E-state index is 6.09. The summed E-state index contributed by atoms with van der Waals surface area (Å²) in [6.07, 6.45) is 3.69. The van der Waals surface area contributed by atoms with Crippen LogP contribution in [0.3, 0.4) is 0 Å². The van der Waals surface area contributed by atoms with Crippen molar-refractivity contribution in [3.63, 3.8) is 0 Å². The van der Waals surface area contributed by atoms with Crippen LogP contribution in [0.2, 0.25) is 0 Å². The third kappa shape index (κ3) is 5.57. The molecular formula is C20H34IN5. The Hall–Kier alpha value is -0.860. The van der Waals surface area contributed by atoms with E-state index in [2.05, 4.69) is 58.2 Å². The lowest BCUT2D eigenvalue weighted by molar-refractivity contribution is 0.195. The molecule has 0 aromatic heterocycles. The fourth-order valence-electron chi connectivity index (χ4n) is 4.06. The summed E-state index contributed by atoms with van der Waals surface area (Å²) >= 11 is 0. The topological polar surface area (TPSA) is 56.9 Å². The molecule has 2 atom stereocenters. The van der Waals surface area contributed by atoms with Crippen molar-refractivity contribution >= 4 is 29.9 Å². The Bertz CT molecular complexity index is 591. The summed E-state index contributed by atoms with van der Waals surface area (Å²) in [6.45, 7) is 10.6. The van der Waals surface area contributed by atoms with E-state index in [0.717, 1.165) is 39.1 Å². The predicted molar refractivity (Wildman–Crippen MR) is 120 cm³/mol. The number of nitrogens with zero attached hydrogens (tertiary/aromatic N) is 3. The normalized spacial score (nSPS) is 22.5. The first-order valence-electron chi connectivity index (χ1n) is 9.76. The predicted octanol–water partition coefficient (Wildman–Crippen LogP) is 2.44. The van der Waals surface area contributed by atoms with Crippen LogP contribution in [-0.2, 0) is 13.0 Å². The van der Waals surface area contributed by atoms with Gasteiger partial charge in [-0.3, -0.25) is 14.8 Å². The van der Waals surface area contributed by atoms with Crippen molar-refractivity contribution in [3.05, 3.63) is 35.4 Å². The molecule has 3 rings (SSSR count). The lowest BCUT2D eigenvalue weighted by Crippen LogP contribution is -2.44. The molecule has 0 saturated carbocycles. The highest BCUT2D eigenvalue weighted by Crippen LogP contribution is 2.20. The minimum Gasteiger partial charge on any atom is -0.370 e. The van der Waals surface area contributed by atoms with E-state index in [4.69, 9.17) is 5.73 Å². The van der Waals surface area contributed by atoms with E-state index in [-0.39, 0.29) is 24.0 Å². The van der Waals surface area contributed by atoms with Gasteiger partial charge in [-0.1, -0.05) is 31.2 Å². The van der Waals surface area contributed by atoms with Gasteiger partial charge in [-0.25, -0.2) is 0 Å². The van der Waals surface area contributed by atoms with Crippen LogP contribution in [0.5, 0.6) is 0 Å². The van der Waals surface area contributed by atoms with E-state index >= 15 is 0 Å². The van der Waals surface area contributed by atoms with Crippen LogP contribution in [0.1, 0.15) is 37.8 Å². The van der Waals surface area contributed by atoms with Crippen molar-refractivity contribution in [1.29, 1.82) is 0 Å². The monoisotopic (exact) mass is 471 g/mol. The lowest BCUT2D eigenvalue weighted by atomic mass is 9.99. The zero-order chi connectivity index (χ0) is 17.6. The Kier molecular flexibility index (Phi) is 8.63. The van der Waals surface area contributed by atoms with Gasteiger partial charge in [0, 0.05) is 31.7 Å². The van der Waals surface area contributed by atoms with Gasteiger partial charge in [-0.05, 0) is 50.4 Å². The van der Waals surface area contributed by atoms with Gasteiger partial charge in [-0.15, -0.1) is 24.0 Å². The van der Waals surface area contributed by atoms with E-state index in [1.54, 1.807) is 0 Å². The number of hydrogen-bond acceptors (Lipinski definition) is 3. The van der Waals surface area contributed by atoms with Crippen LogP contribution in [0.15, 0.2) is 29.3 Å². The number of benzene rings is 1. The average molecular weight is 471 g/mol. The summed E-state index contributed by atoms with van der Waals surface area (Å²) in [5.74, 6) is 0.590. The van der Waals surface area contributed by atoms with Crippen molar-refractivity contribution in [2.75, 3.05) is 32.7 Å². The molecule has 3 N–H and O–H groups in total. The highest BCUT2D eigenvalue weighted by atomic mass is 127. The smallest absolute Gasteiger partial charge is 0.188 e. The largest absolute Gasteiger partial charge is 0.370 e. The molecule has 0 bridgehead atoms. The summed E-state index contributed by atoms with van der Waals surface area (Å²) in [5.41, 5.74) is 9.04. The van der Waals surface area contributed by atoms with Crippen molar-refractivity contribution in [3.8, 4) is 0 Å². The summed E-state index contributed by atoms with van der Waals surface area (Å²) < 4.78 is 0. The Morgan fingerprint density at radius 2 is 2.08 bits per heavy atom. The van der Waals surface area contributed by atoms with E-state index < -0.39 is 0 Å². The molecule has 2 unspecified atom stereocenters. The third-order valence-corrected chi connectivity index (χ3v) is 5.73. The quantitative estimate of drug-likeness (QED) is 0.380. The second-order valence-corrected chi connectivity index (χ2v) is 7.37. The fraction of sp³-hybridized carbons (Fsp3) is 0.650. The average Bonchev–Trinajstić information content (AvgIpc) is 3.11. The second-order valence-electron chi connectivity index (χ2n) is 7.37. The van der Waals surface area contributed by atoms with Gasteiger partial charge < -0.3 is 11.1 Å². The summed E-state index contributed by atoms with van der Waals surface area (Å²) in [5, 5.41) is 3.33. The number of likely N-dealkylation sites (N-methyl/N-ethyl adjacent to an activating group) is 1. The maximum Gasteiger partial charge on any atom is 0.188 e. The van der Waals surface area contributed by atoms with E-state index in [1.807, 2.05) is 0 Å². The molecule has 26 heavy (non-hydrogen) atoms. The van der Waals surface area contributed by atoms with Crippen LogP contribution in [0.4, 0.5) is 0 Å². The SMILES string of the molecule is CCN1CCCC1CNC(N)=NCC(C)N1CCc2ccccc2C1.I. The standard InChI is InChI=1S/C20H33N5.HI/c1-3-24-11-6-9-19(24)14-23-20(21)22-13-16(2)25-12-10-17-7-4-5-8-18(17)15-25;/h4-5,7-8,16,19H,3,6,9-15H2,1-2H3,(H3,21,22,23);1H. The molecule has 6 heteroatoms. The maximum atomic E-state index is 6.09. The molecular weight excluding hydrogens is 437 g/mol. The molecule has 0 spiro atoms. The number of nitrogens with two attached hydrogens (primary N) is 1. The molecule has 146 valence electrons. The van der Waals surface area contributed by atoms with Crippen LogP contribution in [-0.4, -0.2) is 60.6 Å². The number of guanidine groups is 1. The van der Waals surface area contributed by atoms with Gasteiger partial charge in [0.25, 0.3) is 0 Å². The first-order chi connectivity index (χ1) is 12.2. The Balaban J connectivity index is 0.00000243. The third-order valence-electron chi connectivity index (χ3n) is 5.73. The molecule has 0 aliphatic carbocycles. The van der Waals surface area contributed by atoms with Gasteiger partial charge in [-0.2, -0.15) is 0 Å². The zero-order valence-corrected chi connectivity index (χ0v) is 18.5.